The Morgan fingerprint density at radius 1 is 1.50 bits per heavy atom. The molecule has 0 bridgehead atoms. The van der Waals surface area contributed by atoms with Crippen LogP contribution in [0.15, 0.2) is 22.7 Å². The Kier molecular flexibility index (Phi) is 4.90. The molecule has 0 amide bonds. The Bertz CT molecular complexity index is 273. The Hall–Kier alpha value is -0.610. The standard InChI is InChI=1S/C10H13BrFNO/c1-14-7-3-6-13-10-8(11)4-2-5-9(10)12/h2,4-5,13H,3,6-7H2,1H3. The maximum atomic E-state index is 13.2. The summed E-state index contributed by atoms with van der Waals surface area (Å²) in [6.45, 7) is 1.38. The highest BCUT2D eigenvalue weighted by Gasteiger charge is 2.04. The van der Waals surface area contributed by atoms with Gasteiger partial charge in [-0.1, -0.05) is 6.07 Å². The van der Waals surface area contributed by atoms with Crippen LogP contribution in [0.1, 0.15) is 6.42 Å². The molecule has 1 N–H and O–H groups in total. The highest BCUT2D eigenvalue weighted by Crippen LogP contribution is 2.24. The number of methoxy groups -OCH3 is 1. The summed E-state index contributed by atoms with van der Waals surface area (Å²) in [5.41, 5.74) is 0.517. The second kappa shape index (κ2) is 5.98. The lowest BCUT2D eigenvalue weighted by molar-refractivity contribution is 0.197. The van der Waals surface area contributed by atoms with Gasteiger partial charge in [-0.2, -0.15) is 0 Å². The van der Waals surface area contributed by atoms with E-state index in [1.54, 1.807) is 13.2 Å². The first-order chi connectivity index (χ1) is 6.75. The molecule has 0 saturated carbocycles. The van der Waals surface area contributed by atoms with E-state index in [-0.39, 0.29) is 5.82 Å². The van der Waals surface area contributed by atoms with Gasteiger partial charge in [-0.05, 0) is 34.5 Å². The number of halogens is 2. The molecule has 0 aliphatic heterocycles. The van der Waals surface area contributed by atoms with Gasteiger partial charge >= 0.3 is 0 Å². The van der Waals surface area contributed by atoms with Gasteiger partial charge in [-0.3, -0.25) is 0 Å². The van der Waals surface area contributed by atoms with Crippen LogP contribution in [-0.2, 0) is 4.74 Å². The molecule has 0 unspecified atom stereocenters. The molecule has 0 radical (unpaired) electrons. The average Bonchev–Trinajstić information content (AvgIpc) is 2.16. The summed E-state index contributed by atoms with van der Waals surface area (Å²) in [6, 6.07) is 4.91. The Morgan fingerprint density at radius 2 is 2.29 bits per heavy atom. The van der Waals surface area contributed by atoms with Crippen molar-refractivity contribution in [2.75, 3.05) is 25.6 Å². The van der Waals surface area contributed by atoms with Gasteiger partial charge in [0.2, 0.25) is 0 Å². The van der Waals surface area contributed by atoms with Crippen molar-refractivity contribution in [3.8, 4) is 0 Å². The Balaban J connectivity index is 2.49. The van der Waals surface area contributed by atoms with E-state index in [2.05, 4.69) is 21.2 Å². The number of para-hydroxylation sites is 1. The highest BCUT2D eigenvalue weighted by molar-refractivity contribution is 9.10. The van der Waals surface area contributed by atoms with Gasteiger partial charge in [0.1, 0.15) is 5.82 Å². The second-order valence-corrected chi connectivity index (χ2v) is 3.72. The smallest absolute Gasteiger partial charge is 0.147 e. The minimum Gasteiger partial charge on any atom is -0.385 e. The first-order valence-electron chi connectivity index (χ1n) is 4.42. The van der Waals surface area contributed by atoms with Crippen molar-refractivity contribution >= 4 is 21.6 Å². The maximum Gasteiger partial charge on any atom is 0.147 e. The lowest BCUT2D eigenvalue weighted by atomic mass is 10.3. The van der Waals surface area contributed by atoms with Crippen LogP contribution in [-0.4, -0.2) is 20.3 Å². The average molecular weight is 262 g/mol. The van der Waals surface area contributed by atoms with Crippen molar-refractivity contribution in [1.82, 2.24) is 0 Å². The van der Waals surface area contributed by atoms with Gasteiger partial charge in [0.05, 0.1) is 5.69 Å². The van der Waals surface area contributed by atoms with Crippen LogP contribution in [0.25, 0.3) is 0 Å². The number of anilines is 1. The van der Waals surface area contributed by atoms with E-state index < -0.39 is 0 Å². The number of nitrogens with one attached hydrogen (secondary N) is 1. The van der Waals surface area contributed by atoms with Crippen LogP contribution < -0.4 is 5.32 Å². The minimum atomic E-state index is -0.239. The van der Waals surface area contributed by atoms with E-state index in [1.165, 1.54) is 6.07 Å². The summed E-state index contributed by atoms with van der Waals surface area (Å²) in [6.07, 6.45) is 0.858. The second-order valence-electron chi connectivity index (χ2n) is 2.87. The number of rotatable bonds is 5. The molecular formula is C10H13BrFNO. The van der Waals surface area contributed by atoms with Crippen LogP contribution in [0, 0.1) is 5.82 Å². The maximum absolute atomic E-state index is 13.2. The third-order valence-corrected chi connectivity index (χ3v) is 2.45. The highest BCUT2D eigenvalue weighted by atomic mass is 79.9. The Morgan fingerprint density at radius 3 is 2.93 bits per heavy atom. The van der Waals surface area contributed by atoms with Crippen molar-refractivity contribution < 1.29 is 9.13 Å². The van der Waals surface area contributed by atoms with E-state index >= 15 is 0 Å². The molecule has 0 saturated heterocycles. The summed E-state index contributed by atoms with van der Waals surface area (Å²) >= 11 is 3.28. The van der Waals surface area contributed by atoms with Crippen LogP contribution in [0.4, 0.5) is 10.1 Å². The van der Waals surface area contributed by atoms with Gasteiger partial charge in [-0.25, -0.2) is 4.39 Å². The quantitative estimate of drug-likeness (QED) is 0.823. The Labute approximate surface area is 91.6 Å². The summed E-state index contributed by atoms with van der Waals surface area (Å²) < 4.78 is 18.9. The first-order valence-corrected chi connectivity index (χ1v) is 5.22. The number of ether oxygens (including phenoxy) is 1. The fourth-order valence-corrected chi connectivity index (χ4v) is 1.58. The normalized spacial score (nSPS) is 10.2. The summed E-state index contributed by atoms with van der Waals surface area (Å²) in [5, 5.41) is 3.01. The number of hydrogen-bond acceptors (Lipinski definition) is 2. The predicted molar refractivity (Wildman–Crippen MR) is 59.1 cm³/mol. The molecule has 4 heteroatoms. The zero-order valence-corrected chi connectivity index (χ0v) is 9.60. The molecule has 1 aromatic carbocycles. The molecule has 1 rings (SSSR count). The van der Waals surface area contributed by atoms with Crippen LogP contribution in [0.2, 0.25) is 0 Å². The van der Waals surface area contributed by atoms with Crippen LogP contribution >= 0.6 is 15.9 Å². The summed E-state index contributed by atoms with van der Waals surface area (Å²) in [4.78, 5) is 0. The van der Waals surface area contributed by atoms with Crippen LogP contribution in [0.3, 0.4) is 0 Å². The van der Waals surface area contributed by atoms with Gasteiger partial charge in [0, 0.05) is 24.7 Å². The molecule has 0 heterocycles. The molecule has 0 spiro atoms. The molecule has 0 aliphatic carbocycles. The monoisotopic (exact) mass is 261 g/mol. The van der Waals surface area contributed by atoms with Crippen molar-refractivity contribution in [3.05, 3.63) is 28.5 Å². The fourth-order valence-electron chi connectivity index (χ4n) is 1.10. The van der Waals surface area contributed by atoms with Crippen LogP contribution in [0.5, 0.6) is 0 Å². The molecule has 0 atom stereocenters. The molecule has 0 aromatic heterocycles. The largest absolute Gasteiger partial charge is 0.385 e. The predicted octanol–water partition coefficient (Wildman–Crippen LogP) is 3.04. The SMILES string of the molecule is COCCCNc1c(F)cccc1Br. The molecule has 1 aromatic rings. The molecule has 0 aliphatic rings. The van der Waals surface area contributed by atoms with Crippen molar-refractivity contribution in [2.45, 2.75) is 6.42 Å². The molecular weight excluding hydrogens is 249 g/mol. The van der Waals surface area contributed by atoms with Gasteiger partial charge in [-0.15, -0.1) is 0 Å². The number of hydrogen-bond donors (Lipinski definition) is 1. The summed E-state index contributed by atoms with van der Waals surface area (Å²) in [7, 11) is 1.65. The third-order valence-electron chi connectivity index (χ3n) is 1.79. The van der Waals surface area contributed by atoms with E-state index in [4.69, 9.17) is 4.74 Å². The summed E-state index contributed by atoms with van der Waals surface area (Å²) in [5.74, 6) is -0.239. The molecule has 14 heavy (non-hydrogen) atoms. The third kappa shape index (κ3) is 3.27. The van der Waals surface area contributed by atoms with Gasteiger partial charge in [0.25, 0.3) is 0 Å². The van der Waals surface area contributed by atoms with Crippen molar-refractivity contribution in [3.63, 3.8) is 0 Å². The van der Waals surface area contributed by atoms with E-state index in [9.17, 15) is 4.39 Å². The van der Waals surface area contributed by atoms with Crippen molar-refractivity contribution in [2.24, 2.45) is 0 Å². The fraction of sp³-hybridized carbons (Fsp3) is 0.400. The number of benzene rings is 1. The van der Waals surface area contributed by atoms with E-state index in [1.807, 2.05) is 6.07 Å². The zero-order chi connectivity index (χ0) is 10.4. The lowest BCUT2D eigenvalue weighted by Gasteiger charge is -2.08. The van der Waals surface area contributed by atoms with Gasteiger partial charge < -0.3 is 10.1 Å². The molecule has 2 nitrogen and oxygen atoms in total. The molecule has 0 fully saturated rings. The first kappa shape index (κ1) is 11.5. The molecule has 78 valence electrons. The van der Waals surface area contributed by atoms with E-state index in [0.717, 1.165) is 10.9 Å². The topological polar surface area (TPSA) is 21.3 Å². The van der Waals surface area contributed by atoms with Crippen molar-refractivity contribution in [1.29, 1.82) is 0 Å². The minimum absolute atomic E-state index is 0.239. The zero-order valence-electron chi connectivity index (χ0n) is 8.02. The van der Waals surface area contributed by atoms with E-state index in [0.29, 0.717) is 18.8 Å². The van der Waals surface area contributed by atoms with Gasteiger partial charge in [0.15, 0.2) is 0 Å². The lowest BCUT2D eigenvalue weighted by Crippen LogP contribution is -2.06.